The Labute approximate surface area is 354 Å². The van der Waals surface area contributed by atoms with Gasteiger partial charge in [0.25, 0.3) is 0 Å². The van der Waals surface area contributed by atoms with E-state index >= 15 is 0 Å². The van der Waals surface area contributed by atoms with E-state index in [0.29, 0.717) is 11.5 Å². The molecule has 1 aliphatic carbocycles. The van der Waals surface area contributed by atoms with Crippen molar-refractivity contribution in [1.29, 1.82) is 0 Å². The van der Waals surface area contributed by atoms with Crippen LogP contribution in [0.4, 0.5) is 0 Å². The summed E-state index contributed by atoms with van der Waals surface area (Å²) in [6, 6.07) is 77.5. The van der Waals surface area contributed by atoms with Gasteiger partial charge in [0, 0.05) is 27.8 Å². The van der Waals surface area contributed by atoms with Gasteiger partial charge in [0.2, 0.25) is 0 Å². The van der Waals surface area contributed by atoms with Gasteiger partial charge < -0.3 is 14.6 Å². The van der Waals surface area contributed by atoms with E-state index in [-0.39, 0.29) is 5.41 Å². The van der Waals surface area contributed by atoms with Crippen LogP contribution in [0.15, 0.2) is 224 Å². The summed E-state index contributed by atoms with van der Waals surface area (Å²) in [6.45, 7) is 0. The zero-order valence-corrected chi connectivity index (χ0v) is 33.1. The summed E-state index contributed by atoms with van der Waals surface area (Å²) < 4.78 is 12.5. The first-order valence-electron chi connectivity index (χ1n) is 20.8. The van der Waals surface area contributed by atoms with Crippen molar-refractivity contribution >= 4 is 21.5 Å². The van der Waals surface area contributed by atoms with Crippen molar-refractivity contribution in [3.8, 4) is 45.3 Å². The van der Waals surface area contributed by atoms with Crippen molar-refractivity contribution in [2.45, 2.75) is 11.0 Å². The molecule has 13 rings (SSSR count). The van der Waals surface area contributed by atoms with Crippen molar-refractivity contribution < 1.29 is 14.6 Å². The van der Waals surface area contributed by atoms with Gasteiger partial charge in [0.15, 0.2) is 0 Å². The zero-order chi connectivity index (χ0) is 40.5. The van der Waals surface area contributed by atoms with Crippen LogP contribution >= 0.6 is 0 Å². The molecule has 0 fully saturated rings. The van der Waals surface area contributed by atoms with Crippen molar-refractivity contribution in [3.63, 3.8) is 0 Å². The van der Waals surface area contributed by atoms with Gasteiger partial charge in [-0.15, -0.1) is 0 Å². The maximum Gasteiger partial charge on any atom is 0.148 e. The second-order valence-corrected chi connectivity index (χ2v) is 16.0. The molecule has 2 aliphatic heterocycles. The lowest BCUT2D eigenvalue weighted by atomic mass is 9.66. The second kappa shape index (κ2) is 13.7. The second-order valence-electron chi connectivity index (χ2n) is 16.0. The fraction of sp³-hybridized carbons (Fsp3) is 0.0345. The molecular formula is C58H38O3. The fourth-order valence-electron chi connectivity index (χ4n) is 10.4. The van der Waals surface area contributed by atoms with Gasteiger partial charge in [0.05, 0.1) is 5.41 Å². The van der Waals surface area contributed by atoms with Crippen LogP contribution in [0, 0.1) is 0 Å². The van der Waals surface area contributed by atoms with Crippen LogP contribution < -0.4 is 9.47 Å². The van der Waals surface area contributed by atoms with Crippen molar-refractivity contribution in [2.24, 2.45) is 0 Å². The van der Waals surface area contributed by atoms with E-state index in [4.69, 9.17) is 9.47 Å². The van der Waals surface area contributed by atoms with Crippen LogP contribution in [-0.4, -0.2) is 5.11 Å². The van der Waals surface area contributed by atoms with E-state index in [1.807, 2.05) is 66.7 Å². The quantitative estimate of drug-likeness (QED) is 0.190. The Morgan fingerprint density at radius 1 is 0.279 bits per heavy atom. The summed E-state index contributed by atoms with van der Waals surface area (Å²) in [7, 11) is 0. The molecule has 61 heavy (non-hydrogen) atoms. The number of para-hydroxylation sites is 4. The molecule has 2 heterocycles. The molecule has 0 atom stereocenters. The molecule has 1 N–H and O–H groups in total. The Morgan fingerprint density at radius 2 is 0.689 bits per heavy atom. The summed E-state index contributed by atoms with van der Waals surface area (Å²) in [5, 5.41) is 17.4. The molecule has 3 nitrogen and oxygen atoms in total. The molecule has 0 aromatic heterocycles. The van der Waals surface area contributed by atoms with Crippen molar-refractivity contribution in [2.75, 3.05) is 0 Å². The molecule has 1 spiro atoms. The van der Waals surface area contributed by atoms with Crippen LogP contribution in [0.1, 0.15) is 38.9 Å². The summed E-state index contributed by atoms with van der Waals surface area (Å²) in [6.07, 6.45) is 0. The fourth-order valence-corrected chi connectivity index (χ4v) is 10.4. The molecule has 0 saturated carbocycles. The van der Waals surface area contributed by atoms with E-state index < -0.39 is 5.60 Å². The van der Waals surface area contributed by atoms with Gasteiger partial charge in [-0.05, 0) is 79.2 Å². The maximum atomic E-state index is 12.5. The average molecular weight is 783 g/mol. The third-order valence-electron chi connectivity index (χ3n) is 12.9. The lowest BCUT2D eigenvalue weighted by molar-refractivity contribution is 0.113. The monoisotopic (exact) mass is 782 g/mol. The Morgan fingerprint density at radius 3 is 1.31 bits per heavy atom. The van der Waals surface area contributed by atoms with Gasteiger partial charge in [-0.25, -0.2) is 0 Å². The van der Waals surface area contributed by atoms with Crippen molar-refractivity contribution in [1.82, 2.24) is 0 Å². The number of rotatable bonds is 2. The van der Waals surface area contributed by atoms with Crippen molar-refractivity contribution in [3.05, 3.63) is 263 Å². The molecule has 0 radical (unpaired) electrons. The smallest absolute Gasteiger partial charge is 0.148 e. The zero-order valence-electron chi connectivity index (χ0n) is 33.1. The lowest BCUT2D eigenvalue weighted by Gasteiger charge is -2.39. The summed E-state index contributed by atoms with van der Waals surface area (Å²) in [4.78, 5) is 0. The van der Waals surface area contributed by atoms with Crippen LogP contribution in [0.5, 0.6) is 23.0 Å². The molecule has 3 heteroatoms. The number of fused-ring (bicyclic) bond motifs is 14. The van der Waals surface area contributed by atoms with E-state index in [1.165, 1.54) is 49.5 Å². The Bertz CT molecular complexity index is 3260. The molecule has 0 unspecified atom stereocenters. The Balaban J connectivity index is 0.000000131. The molecule has 0 bridgehead atoms. The lowest BCUT2D eigenvalue weighted by Crippen LogP contribution is -2.33. The average Bonchev–Trinajstić information content (AvgIpc) is 3.63. The minimum atomic E-state index is -1.33. The molecule has 10 aromatic carbocycles. The highest BCUT2D eigenvalue weighted by Gasteiger charge is 2.51. The minimum Gasteiger partial charge on any atom is -0.457 e. The van der Waals surface area contributed by atoms with Gasteiger partial charge in [0.1, 0.15) is 28.6 Å². The predicted molar refractivity (Wildman–Crippen MR) is 246 cm³/mol. The van der Waals surface area contributed by atoms with E-state index in [9.17, 15) is 5.11 Å². The predicted octanol–water partition coefficient (Wildman–Crippen LogP) is 14.2. The number of hydrogen-bond acceptors (Lipinski definition) is 3. The molecular weight excluding hydrogens is 745 g/mol. The van der Waals surface area contributed by atoms with Gasteiger partial charge >= 0.3 is 0 Å². The van der Waals surface area contributed by atoms with Crippen LogP contribution in [0.3, 0.4) is 0 Å². The molecule has 3 aliphatic rings. The Kier molecular flexibility index (Phi) is 7.90. The van der Waals surface area contributed by atoms with E-state index in [1.54, 1.807) is 0 Å². The van der Waals surface area contributed by atoms with Crippen LogP contribution in [0.25, 0.3) is 43.8 Å². The molecule has 10 aromatic rings. The number of aliphatic hydroxyl groups is 1. The molecule has 288 valence electrons. The number of ether oxygens (including phenoxy) is 2. The third kappa shape index (κ3) is 5.08. The summed E-state index contributed by atoms with van der Waals surface area (Å²) in [5.41, 5.74) is 10.5. The first-order chi connectivity index (χ1) is 30.2. The first kappa shape index (κ1) is 35.2. The first-order valence-corrected chi connectivity index (χ1v) is 20.8. The highest BCUT2D eigenvalue weighted by atomic mass is 16.5. The maximum absolute atomic E-state index is 12.5. The van der Waals surface area contributed by atoms with Crippen LogP contribution in [-0.2, 0) is 11.0 Å². The van der Waals surface area contributed by atoms with Crippen LogP contribution in [0.2, 0.25) is 0 Å². The minimum absolute atomic E-state index is 0.374. The summed E-state index contributed by atoms with van der Waals surface area (Å²) >= 11 is 0. The van der Waals surface area contributed by atoms with E-state index in [2.05, 4.69) is 158 Å². The topological polar surface area (TPSA) is 38.7 Å². The highest BCUT2D eigenvalue weighted by molar-refractivity contribution is 6.04. The molecule has 0 saturated heterocycles. The third-order valence-corrected chi connectivity index (χ3v) is 12.9. The standard InChI is InChI=1S/C29H20O2.C29H18O/c30-29(25-16-5-7-18-27(25)31-28-19-8-6-17-26(28)29)24-15-4-3-13-23(24)22-14-9-11-20-10-1-2-12-21(20)22;1-2-10-20-19(9-1)17-18-25-28(20)21-11-3-4-12-22(21)29(25)23-13-5-7-15-26(23)30-27-16-8-6-14-24(27)29/h1-19,30H;1-18H. The van der Waals surface area contributed by atoms with Gasteiger partial charge in [-0.3, -0.25) is 0 Å². The summed E-state index contributed by atoms with van der Waals surface area (Å²) in [5.74, 6) is 3.23. The SMILES string of the molecule is OC1(c2ccccc2-c2cccc3ccccc23)c2ccccc2Oc2ccccc21.c1ccc2c(c1)Oc1ccccc1C21c2ccccc2-c2c1ccc1ccccc21. The van der Waals surface area contributed by atoms with Gasteiger partial charge in [-0.1, -0.05) is 200 Å². The molecule has 0 amide bonds. The normalized spacial score (nSPS) is 14.2. The highest BCUT2D eigenvalue weighted by Crippen LogP contribution is 2.63. The Hall–Kier alpha value is -7.72. The number of hydrogen-bond donors (Lipinski definition) is 1. The number of benzene rings is 10. The van der Waals surface area contributed by atoms with Gasteiger partial charge in [-0.2, -0.15) is 0 Å². The van der Waals surface area contributed by atoms with E-state index in [0.717, 1.165) is 44.7 Å². The largest absolute Gasteiger partial charge is 0.457 e.